The second kappa shape index (κ2) is 9.54. The number of aliphatic hydroxyl groups is 1. The Morgan fingerprint density at radius 1 is 1.03 bits per heavy atom. The summed E-state index contributed by atoms with van der Waals surface area (Å²) in [6, 6.07) is 0.0320. The molecule has 0 aliphatic heterocycles. The van der Waals surface area contributed by atoms with Crippen LogP contribution in [0.5, 0.6) is 0 Å². The number of ether oxygens (including phenoxy) is 1. The molecule has 0 radical (unpaired) electrons. The maximum Gasteiger partial charge on any atom is 0.426 e. The second-order valence-corrected chi connectivity index (χ2v) is 13.8. The highest BCUT2D eigenvalue weighted by atomic mass is 16.6. The van der Waals surface area contributed by atoms with Gasteiger partial charge in [0.2, 0.25) is 5.91 Å². The minimum Gasteiger partial charge on any atom is -0.443 e. The van der Waals surface area contributed by atoms with Crippen molar-refractivity contribution in [2.75, 3.05) is 0 Å². The van der Waals surface area contributed by atoms with Crippen molar-refractivity contribution in [3.63, 3.8) is 0 Å². The highest BCUT2D eigenvalue weighted by Crippen LogP contribution is 2.67. The molecule has 4 fully saturated rings. The van der Waals surface area contributed by atoms with Crippen molar-refractivity contribution in [1.29, 1.82) is 0 Å². The largest absolute Gasteiger partial charge is 0.443 e. The summed E-state index contributed by atoms with van der Waals surface area (Å²) in [5.74, 6) is 3.23. The van der Waals surface area contributed by atoms with Gasteiger partial charge in [0.05, 0.1) is 12.1 Å². The molecule has 0 heterocycles. The van der Waals surface area contributed by atoms with E-state index in [0.29, 0.717) is 23.7 Å². The highest BCUT2D eigenvalue weighted by Gasteiger charge is 2.61. The van der Waals surface area contributed by atoms with Crippen molar-refractivity contribution in [3.05, 3.63) is 0 Å². The molecule has 0 spiro atoms. The molecule has 4 saturated carbocycles. The molecule has 0 saturated heterocycles. The maximum absolute atomic E-state index is 12.9. The molecule has 2 amide bonds. The third-order valence-corrected chi connectivity index (χ3v) is 10.8. The molecule has 6 heteroatoms. The lowest BCUT2D eigenvalue weighted by Gasteiger charge is -2.61. The number of rotatable bonds is 3. The van der Waals surface area contributed by atoms with E-state index in [1.807, 2.05) is 34.6 Å². The smallest absolute Gasteiger partial charge is 0.426 e. The summed E-state index contributed by atoms with van der Waals surface area (Å²) in [5, 5.41) is 12.1. The number of aliphatic hydroxyl groups excluding tert-OH is 1. The topological polar surface area (TPSA) is 78.9 Å². The summed E-state index contributed by atoms with van der Waals surface area (Å²) in [6.07, 6.45) is 10.0. The van der Waals surface area contributed by atoms with Crippen LogP contribution in [-0.4, -0.2) is 39.9 Å². The van der Waals surface area contributed by atoms with E-state index in [0.717, 1.165) is 37.0 Å². The van der Waals surface area contributed by atoms with Crippen LogP contribution in [0.3, 0.4) is 0 Å². The summed E-state index contributed by atoms with van der Waals surface area (Å²) in [4.78, 5) is 25.4. The number of hydrazine groups is 1. The van der Waals surface area contributed by atoms with Crippen molar-refractivity contribution in [1.82, 2.24) is 10.4 Å². The summed E-state index contributed by atoms with van der Waals surface area (Å²) in [6.45, 7) is 14.4. The van der Waals surface area contributed by atoms with Gasteiger partial charge in [-0.05, 0) is 126 Å². The molecule has 2 N–H and O–H groups in total. The predicted molar refractivity (Wildman–Crippen MR) is 137 cm³/mol. The molecule has 6 nitrogen and oxygen atoms in total. The molecular formula is C29H50N2O4. The van der Waals surface area contributed by atoms with Gasteiger partial charge in [0.1, 0.15) is 5.60 Å². The van der Waals surface area contributed by atoms with Gasteiger partial charge in [0, 0.05) is 6.42 Å². The van der Waals surface area contributed by atoms with Crippen molar-refractivity contribution < 1.29 is 19.4 Å². The zero-order valence-electron chi connectivity index (χ0n) is 23.2. The average Bonchev–Trinajstić information content (AvgIpc) is 3.13. The van der Waals surface area contributed by atoms with Gasteiger partial charge in [0.15, 0.2) is 0 Å². The number of carbonyl (C=O) groups is 2. The Balaban J connectivity index is 1.48. The fourth-order valence-corrected chi connectivity index (χ4v) is 9.23. The minimum absolute atomic E-state index is 0.0320. The van der Waals surface area contributed by atoms with Gasteiger partial charge in [-0.1, -0.05) is 20.8 Å². The van der Waals surface area contributed by atoms with Crippen molar-refractivity contribution in [2.45, 2.75) is 130 Å². The van der Waals surface area contributed by atoms with Gasteiger partial charge in [-0.3, -0.25) is 4.79 Å². The van der Waals surface area contributed by atoms with E-state index in [9.17, 15) is 14.7 Å². The highest BCUT2D eigenvalue weighted by molar-refractivity contribution is 5.79. The summed E-state index contributed by atoms with van der Waals surface area (Å²) >= 11 is 0. The Hall–Kier alpha value is -1.30. The van der Waals surface area contributed by atoms with Gasteiger partial charge >= 0.3 is 6.09 Å². The molecule has 9 atom stereocenters. The molecule has 35 heavy (non-hydrogen) atoms. The SMILES string of the molecule is CCC(=O)N(NC(=O)OC(C)(C)C)[C@@H]1CC[C@]2(C)C3CC[C@@]4(C)C(CC[C@@H]4[C@H](C)O)C3CC[C@H]2C1. The quantitative estimate of drug-likeness (QED) is 0.470. The number of nitrogens with zero attached hydrogens (tertiary/aromatic N) is 1. The van der Waals surface area contributed by atoms with E-state index in [4.69, 9.17) is 4.74 Å². The zero-order valence-corrected chi connectivity index (χ0v) is 23.2. The lowest BCUT2D eigenvalue weighted by molar-refractivity contribution is -0.148. The number of amides is 2. The van der Waals surface area contributed by atoms with E-state index in [2.05, 4.69) is 19.3 Å². The molecule has 4 aliphatic rings. The third-order valence-electron chi connectivity index (χ3n) is 10.8. The van der Waals surface area contributed by atoms with E-state index < -0.39 is 11.7 Å². The first-order valence-corrected chi connectivity index (χ1v) is 14.3. The maximum atomic E-state index is 12.9. The van der Waals surface area contributed by atoms with Crippen LogP contribution < -0.4 is 5.43 Å². The Morgan fingerprint density at radius 2 is 1.69 bits per heavy atom. The van der Waals surface area contributed by atoms with E-state index >= 15 is 0 Å². The van der Waals surface area contributed by atoms with Crippen molar-refractivity contribution in [2.24, 2.45) is 40.4 Å². The average molecular weight is 491 g/mol. The Labute approximate surface area is 212 Å². The van der Waals surface area contributed by atoms with Crippen LogP contribution in [0.25, 0.3) is 0 Å². The number of fused-ring (bicyclic) bond motifs is 5. The first kappa shape index (κ1) is 26.8. The van der Waals surface area contributed by atoms with Crippen molar-refractivity contribution in [3.8, 4) is 0 Å². The number of nitrogens with one attached hydrogen (secondary N) is 1. The van der Waals surface area contributed by atoms with Crippen LogP contribution in [-0.2, 0) is 9.53 Å². The van der Waals surface area contributed by atoms with E-state index in [1.165, 1.54) is 38.5 Å². The Kier molecular flexibility index (Phi) is 7.29. The molecule has 0 bridgehead atoms. The number of hydrogen-bond acceptors (Lipinski definition) is 4. The molecule has 0 aromatic carbocycles. The van der Waals surface area contributed by atoms with E-state index in [1.54, 1.807) is 5.01 Å². The van der Waals surface area contributed by atoms with Crippen molar-refractivity contribution >= 4 is 12.0 Å². The normalized spacial score (nSPS) is 41.7. The zero-order chi connectivity index (χ0) is 25.8. The summed E-state index contributed by atoms with van der Waals surface area (Å²) in [7, 11) is 0. The van der Waals surface area contributed by atoms with Crippen LogP contribution in [0.1, 0.15) is 113 Å². The van der Waals surface area contributed by atoms with Gasteiger partial charge in [0.25, 0.3) is 0 Å². The lowest BCUT2D eigenvalue weighted by atomic mass is 9.44. The van der Waals surface area contributed by atoms with Crippen LogP contribution in [0.15, 0.2) is 0 Å². The summed E-state index contributed by atoms with van der Waals surface area (Å²) in [5.41, 5.74) is 2.80. The molecule has 0 aromatic heterocycles. The van der Waals surface area contributed by atoms with Gasteiger partial charge in [-0.2, -0.15) is 0 Å². The molecule has 0 aromatic rings. The number of carbonyl (C=O) groups excluding carboxylic acids is 2. The second-order valence-electron chi connectivity index (χ2n) is 13.8. The fraction of sp³-hybridized carbons (Fsp3) is 0.931. The molecular weight excluding hydrogens is 440 g/mol. The first-order chi connectivity index (χ1) is 16.3. The fourth-order valence-electron chi connectivity index (χ4n) is 9.23. The minimum atomic E-state index is -0.600. The lowest BCUT2D eigenvalue weighted by Crippen LogP contribution is -2.59. The Morgan fingerprint density at radius 3 is 2.31 bits per heavy atom. The number of hydrogen-bond donors (Lipinski definition) is 2. The van der Waals surface area contributed by atoms with Crippen LogP contribution >= 0.6 is 0 Å². The van der Waals surface area contributed by atoms with Crippen LogP contribution in [0.2, 0.25) is 0 Å². The predicted octanol–water partition coefficient (Wildman–Crippen LogP) is 6.07. The van der Waals surface area contributed by atoms with Gasteiger partial charge in [-0.15, -0.1) is 0 Å². The van der Waals surface area contributed by atoms with Crippen LogP contribution in [0, 0.1) is 40.4 Å². The molecule has 4 rings (SSSR count). The molecule has 4 aliphatic carbocycles. The Bertz CT molecular complexity index is 807. The first-order valence-electron chi connectivity index (χ1n) is 14.3. The van der Waals surface area contributed by atoms with Crippen LogP contribution in [0.4, 0.5) is 4.79 Å². The summed E-state index contributed by atoms with van der Waals surface area (Å²) < 4.78 is 5.46. The third kappa shape index (κ3) is 4.85. The van der Waals surface area contributed by atoms with Gasteiger partial charge < -0.3 is 9.84 Å². The van der Waals surface area contributed by atoms with E-state index in [-0.39, 0.29) is 23.5 Å². The monoisotopic (exact) mass is 490 g/mol. The standard InChI is InChI=1S/C29H50N2O4/c1-8-25(33)31(30-26(34)35-27(3,4)5)20-13-15-28(6)19(17-20)9-10-21-23-12-11-22(18(2)32)29(23,7)16-14-24(21)28/h18-24,32H,8-17H2,1-7H3,(H,30,34)/t18-,19-,20+,21?,22+,23?,24?,28-,29+/m0/s1. The molecule has 200 valence electrons. The van der Waals surface area contributed by atoms with Gasteiger partial charge in [-0.25, -0.2) is 15.2 Å². The molecule has 3 unspecified atom stereocenters.